The first-order valence-corrected chi connectivity index (χ1v) is 5.92. The molecule has 2 rings (SSSR count). The van der Waals surface area contributed by atoms with E-state index in [-0.39, 0.29) is 23.8 Å². The molecule has 1 saturated heterocycles. The van der Waals surface area contributed by atoms with Crippen molar-refractivity contribution in [3.63, 3.8) is 0 Å². The van der Waals surface area contributed by atoms with Crippen LogP contribution in [0.25, 0.3) is 0 Å². The highest BCUT2D eigenvalue weighted by Gasteiger charge is 2.37. The SMILES string of the molecule is C=CC(=O)NC1CC(C(=O)N2CCCC2)C1. The summed E-state index contributed by atoms with van der Waals surface area (Å²) in [5, 5.41) is 2.81. The molecule has 0 spiro atoms. The van der Waals surface area contributed by atoms with Crippen LogP contribution in [0.4, 0.5) is 0 Å². The van der Waals surface area contributed by atoms with E-state index in [0.29, 0.717) is 0 Å². The van der Waals surface area contributed by atoms with Crippen molar-refractivity contribution in [3.8, 4) is 0 Å². The van der Waals surface area contributed by atoms with E-state index < -0.39 is 0 Å². The first kappa shape index (κ1) is 11.2. The molecule has 0 aromatic heterocycles. The van der Waals surface area contributed by atoms with Gasteiger partial charge in [0.15, 0.2) is 0 Å². The van der Waals surface area contributed by atoms with Crippen molar-refractivity contribution in [2.45, 2.75) is 31.7 Å². The lowest BCUT2D eigenvalue weighted by Gasteiger charge is -2.36. The lowest BCUT2D eigenvalue weighted by molar-refractivity contribution is -0.138. The Morgan fingerprint density at radius 3 is 2.44 bits per heavy atom. The lowest BCUT2D eigenvalue weighted by atomic mass is 9.79. The zero-order valence-corrected chi connectivity index (χ0v) is 9.45. The number of nitrogens with zero attached hydrogens (tertiary/aromatic N) is 1. The normalized spacial score (nSPS) is 28.4. The summed E-state index contributed by atoms with van der Waals surface area (Å²) in [7, 11) is 0. The second kappa shape index (κ2) is 4.68. The Kier molecular flexibility index (Phi) is 3.27. The third-order valence-electron chi connectivity index (χ3n) is 3.44. The highest BCUT2D eigenvalue weighted by atomic mass is 16.2. The molecule has 2 aliphatic rings. The van der Waals surface area contributed by atoms with Gasteiger partial charge in [0, 0.05) is 25.0 Å². The number of hydrogen-bond acceptors (Lipinski definition) is 2. The summed E-state index contributed by atoms with van der Waals surface area (Å²) in [6, 6.07) is 0.169. The third kappa shape index (κ3) is 2.26. The predicted octanol–water partition coefficient (Wildman–Crippen LogP) is 0.690. The van der Waals surface area contributed by atoms with Gasteiger partial charge in [-0.25, -0.2) is 0 Å². The van der Waals surface area contributed by atoms with Crippen molar-refractivity contribution in [2.75, 3.05) is 13.1 Å². The topological polar surface area (TPSA) is 49.4 Å². The van der Waals surface area contributed by atoms with Crippen LogP contribution in [0.15, 0.2) is 12.7 Å². The molecule has 2 amide bonds. The van der Waals surface area contributed by atoms with E-state index in [9.17, 15) is 9.59 Å². The Hall–Kier alpha value is -1.32. The summed E-state index contributed by atoms with van der Waals surface area (Å²) in [6.07, 6.45) is 5.11. The van der Waals surface area contributed by atoms with Crippen molar-refractivity contribution >= 4 is 11.8 Å². The van der Waals surface area contributed by atoms with Gasteiger partial charge in [-0.3, -0.25) is 9.59 Å². The van der Waals surface area contributed by atoms with Gasteiger partial charge in [0.05, 0.1) is 0 Å². The molecule has 0 unspecified atom stereocenters. The van der Waals surface area contributed by atoms with Crippen LogP contribution in [0.3, 0.4) is 0 Å². The summed E-state index contributed by atoms with van der Waals surface area (Å²) in [4.78, 5) is 24.9. The third-order valence-corrected chi connectivity index (χ3v) is 3.44. The number of likely N-dealkylation sites (tertiary alicyclic amines) is 1. The molecule has 88 valence electrons. The van der Waals surface area contributed by atoms with Crippen molar-refractivity contribution in [2.24, 2.45) is 5.92 Å². The minimum Gasteiger partial charge on any atom is -0.350 e. The molecule has 2 fully saturated rings. The second-order valence-corrected chi connectivity index (χ2v) is 4.61. The molecule has 0 aromatic rings. The molecule has 1 aliphatic carbocycles. The van der Waals surface area contributed by atoms with Crippen molar-refractivity contribution in [1.29, 1.82) is 0 Å². The largest absolute Gasteiger partial charge is 0.350 e. The molecule has 1 heterocycles. The van der Waals surface area contributed by atoms with Crippen LogP contribution < -0.4 is 5.32 Å². The smallest absolute Gasteiger partial charge is 0.243 e. The number of carbonyl (C=O) groups excluding carboxylic acids is 2. The number of amides is 2. The van der Waals surface area contributed by atoms with E-state index in [0.717, 1.165) is 38.8 Å². The van der Waals surface area contributed by atoms with Crippen molar-refractivity contribution in [1.82, 2.24) is 10.2 Å². The zero-order valence-electron chi connectivity index (χ0n) is 9.45. The maximum atomic E-state index is 11.9. The van der Waals surface area contributed by atoms with Crippen LogP contribution in [0.5, 0.6) is 0 Å². The lowest BCUT2D eigenvalue weighted by Crippen LogP contribution is -2.49. The van der Waals surface area contributed by atoms with Gasteiger partial charge in [-0.2, -0.15) is 0 Å². The molecule has 1 N–H and O–H groups in total. The number of rotatable bonds is 3. The average Bonchev–Trinajstić information content (AvgIpc) is 2.74. The molecule has 4 nitrogen and oxygen atoms in total. The van der Waals surface area contributed by atoms with Gasteiger partial charge in [0.25, 0.3) is 0 Å². The van der Waals surface area contributed by atoms with E-state index in [4.69, 9.17) is 0 Å². The molecule has 0 radical (unpaired) electrons. The molecule has 4 heteroatoms. The Morgan fingerprint density at radius 1 is 1.25 bits per heavy atom. The maximum absolute atomic E-state index is 11.9. The summed E-state index contributed by atoms with van der Waals surface area (Å²) < 4.78 is 0. The Morgan fingerprint density at radius 2 is 1.88 bits per heavy atom. The standard InChI is InChI=1S/C12H18N2O2/c1-2-11(15)13-10-7-9(8-10)12(16)14-5-3-4-6-14/h2,9-10H,1,3-8H2,(H,13,15). The summed E-state index contributed by atoms with van der Waals surface area (Å²) in [6.45, 7) is 5.23. The van der Waals surface area contributed by atoms with E-state index in [2.05, 4.69) is 11.9 Å². The molecule has 1 aliphatic heterocycles. The molecule has 1 saturated carbocycles. The van der Waals surface area contributed by atoms with E-state index in [1.54, 1.807) is 0 Å². The Balaban J connectivity index is 1.73. The van der Waals surface area contributed by atoms with E-state index in [1.165, 1.54) is 6.08 Å². The fourth-order valence-corrected chi connectivity index (χ4v) is 2.39. The summed E-state index contributed by atoms with van der Waals surface area (Å²) >= 11 is 0. The van der Waals surface area contributed by atoms with Gasteiger partial charge in [0.1, 0.15) is 0 Å². The minimum absolute atomic E-state index is 0.133. The highest BCUT2D eigenvalue weighted by Crippen LogP contribution is 2.30. The first-order valence-electron chi connectivity index (χ1n) is 5.92. The van der Waals surface area contributed by atoms with Crippen molar-refractivity contribution in [3.05, 3.63) is 12.7 Å². The van der Waals surface area contributed by atoms with Crippen LogP contribution in [0.1, 0.15) is 25.7 Å². The second-order valence-electron chi connectivity index (χ2n) is 4.61. The monoisotopic (exact) mass is 222 g/mol. The highest BCUT2D eigenvalue weighted by molar-refractivity contribution is 5.87. The predicted molar refractivity (Wildman–Crippen MR) is 60.7 cm³/mol. The van der Waals surface area contributed by atoms with Crippen LogP contribution >= 0.6 is 0 Å². The van der Waals surface area contributed by atoms with E-state index >= 15 is 0 Å². The number of carbonyl (C=O) groups is 2. The van der Waals surface area contributed by atoms with Gasteiger partial charge in [-0.05, 0) is 31.8 Å². The molecule has 16 heavy (non-hydrogen) atoms. The molecular weight excluding hydrogens is 204 g/mol. The van der Waals surface area contributed by atoms with Gasteiger partial charge in [0.2, 0.25) is 11.8 Å². The first-order chi connectivity index (χ1) is 7.70. The fraction of sp³-hybridized carbons (Fsp3) is 0.667. The maximum Gasteiger partial charge on any atom is 0.243 e. The molecule has 0 bridgehead atoms. The van der Waals surface area contributed by atoms with Crippen molar-refractivity contribution < 1.29 is 9.59 Å². The molecule has 0 aromatic carbocycles. The molecule has 0 atom stereocenters. The Labute approximate surface area is 95.7 Å². The van der Waals surface area contributed by atoms with Gasteiger partial charge in [-0.15, -0.1) is 0 Å². The Bertz CT molecular complexity index is 302. The van der Waals surface area contributed by atoms with Gasteiger partial charge >= 0.3 is 0 Å². The number of hydrogen-bond donors (Lipinski definition) is 1. The van der Waals surface area contributed by atoms with Gasteiger partial charge in [-0.1, -0.05) is 6.58 Å². The van der Waals surface area contributed by atoms with Crippen LogP contribution in [0.2, 0.25) is 0 Å². The van der Waals surface area contributed by atoms with E-state index in [1.807, 2.05) is 4.90 Å². The van der Waals surface area contributed by atoms with Crippen LogP contribution in [-0.2, 0) is 9.59 Å². The van der Waals surface area contributed by atoms with Crippen LogP contribution in [-0.4, -0.2) is 35.8 Å². The fourth-order valence-electron chi connectivity index (χ4n) is 2.39. The quantitative estimate of drug-likeness (QED) is 0.714. The van der Waals surface area contributed by atoms with Gasteiger partial charge < -0.3 is 10.2 Å². The number of nitrogens with one attached hydrogen (secondary N) is 1. The molecular formula is C12H18N2O2. The average molecular weight is 222 g/mol. The van der Waals surface area contributed by atoms with Crippen LogP contribution in [0, 0.1) is 5.92 Å². The minimum atomic E-state index is -0.142. The zero-order chi connectivity index (χ0) is 11.5. The summed E-state index contributed by atoms with van der Waals surface area (Å²) in [5.41, 5.74) is 0. The summed E-state index contributed by atoms with van der Waals surface area (Å²) in [5.74, 6) is 0.270.